The van der Waals surface area contributed by atoms with Gasteiger partial charge < -0.3 is 18.9 Å². The van der Waals surface area contributed by atoms with Crippen molar-refractivity contribution < 1.29 is 14.3 Å². The fraction of sp³-hybridized carbons (Fsp3) is 0.652. The van der Waals surface area contributed by atoms with Crippen molar-refractivity contribution in [2.75, 3.05) is 20.3 Å². The molecule has 0 aromatic carbocycles. The van der Waals surface area contributed by atoms with E-state index >= 15 is 0 Å². The summed E-state index contributed by atoms with van der Waals surface area (Å²) < 4.78 is 13.2. The Balaban J connectivity index is 1.63. The predicted octanol–water partition coefficient (Wildman–Crippen LogP) is 4.74. The molecular formula is C23H32ClN3O3. The van der Waals surface area contributed by atoms with Crippen molar-refractivity contribution in [3.8, 4) is 0 Å². The number of pyridine rings is 1. The SMILES string of the molecule is COCCCCn1cc([C@H](C)N(C(=O)[C@H]2CCCCO2)C2CC2)c2c(Cl)ccnc21. The van der Waals surface area contributed by atoms with Crippen molar-refractivity contribution in [1.29, 1.82) is 0 Å². The van der Waals surface area contributed by atoms with E-state index in [9.17, 15) is 4.79 Å². The summed E-state index contributed by atoms with van der Waals surface area (Å²) in [5, 5.41) is 1.65. The third-order valence-electron chi connectivity index (χ3n) is 6.25. The number of ether oxygens (including phenoxy) is 2. The van der Waals surface area contributed by atoms with Gasteiger partial charge in [-0.25, -0.2) is 4.98 Å². The number of hydrogen-bond donors (Lipinski definition) is 0. The minimum atomic E-state index is -0.308. The molecule has 30 heavy (non-hydrogen) atoms. The zero-order valence-electron chi connectivity index (χ0n) is 18.0. The number of aromatic nitrogens is 2. The largest absolute Gasteiger partial charge is 0.385 e. The molecule has 2 atom stereocenters. The van der Waals surface area contributed by atoms with E-state index in [1.165, 1.54) is 0 Å². The minimum Gasteiger partial charge on any atom is -0.385 e. The summed E-state index contributed by atoms with van der Waals surface area (Å²) in [6.45, 7) is 4.40. The van der Waals surface area contributed by atoms with E-state index in [0.29, 0.717) is 17.7 Å². The highest BCUT2D eigenvalue weighted by molar-refractivity contribution is 6.35. The molecule has 2 aliphatic rings. The molecule has 0 unspecified atom stereocenters. The second kappa shape index (κ2) is 9.67. The fourth-order valence-electron chi connectivity index (χ4n) is 4.51. The number of methoxy groups -OCH3 is 1. The van der Waals surface area contributed by atoms with Crippen molar-refractivity contribution in [2.45, 2.75) is 76.6 Å². The molecule has 0 spiro atoms. The number of halogens is 1. The van der Waals surface area contributed by atoms with Crippen LogP contribution in [-0.4, -0.2) is 52.8 Å². The second-order valence-corrected chi connectivity index (χ2v) is 8.88. The first-order valence-electron chi connectivity index (χ1n) is 11.2. The lowest BCUT2D eigenvalue weighted by atomic mass is 10.0. The van der Waals surface area contributed by atoms with Crippen LogP contribution in [0.2, 0.25) is 5.02 Å². The number of amides is 1. The van der Waals surface area contributed by atoms with Crippen molar-refractivity contribution in [3.63, 3.8) is 0 Å². The molecule has 4 rings (SSSR count). The zero-order valence-corrected chi connectivity index (χ0v) is 18.7. The molecule has 1 aliphatic carbocycles. The molecule has 1 saturated carbocycles. The Bertz CT molecular complexity index is 874. The van der Waals surface area contributed by atoms with E-state index in [1.807, 2.05) is 6.07 Å². The molecular weight excluding hydrogens is 402 g/mol. The summed E-state index contributed by atoms with van der Waals surface area (Å²) in [6, 6.07) is 2.07. The fourth-order valence-corrected chi connectivity index (χ4v) is 4.76. The first kappa shape index (κ1) is 21.6. The number of hydrogen-bond acceptors (Lipinski definition) is 4. The molecule has 6 nitrogen and oxygen atoms in total. The van der Waals surface area contributed by atoms with Crippen LogP contribution < -0.4 is 0 Å². The average Bonchev–Trinajstić information content (AvgIpc) is 3.52. The minimum absolute atomic E-state index is 0.0695. The van der Waals surface area contributed by atoms with Crippen LogP contribution in [0.15, 0.2) is 18.5 Å². The van der Waals surface area contributed by atoms with Gasteiger partial charge in [0.1, 0.15) is 11.8 Å². The van der Waals surface area contributed by atoms with Gasteiger partial charge in [0.2, 0.25) is 0 Å². The van der Waals surface area contributed by atoms with Gasteiger partial charge in [-0.1, -0.05) is 11.6 Å². The maximum absolute atomic E-state index is 13.4. The van der Waals surface area contributed by atoms with Crippen LogP contribution in [0.4, 0.5) is 0 Å². The number of carbonyl (C=O) groups is 1. The Labute approximate surface area is 183 Å². The van der Waals surface area contributed by atoms with Gasteiger partial charge in [0.05, 0.1) is 11.1 Å². The first-order valence-corrected chi connectivity index (χ1v) is 11.6. The number of carbonyl (C=O) groups excluding carboxylic acids is 1. The van der Waals surface area contributed by atoms with Crippen molar-refractivity contribution >= 4 is 28.5 Å². The lowest BCUT2D eigenvalue weighted by molar-refractivity contribution is -0.149. The number of unbranched alkanes of at least 4 members (excludes halogenated alkanes) is 1. The third kappa shape index (κ3) is 4.51. The van der Waals surface area contributed by atoms with E-state index in [-0.39, 0.29) is 18.1 Å². The van der Waals surface area contributed by atoms with Gasteiger partial charge in [-0.2, -0.15) is 0 Å². The Morgan fingerprint density at radius 1 is 1.37 bits per heavy atom. The van der Waals surface area contributed by atoms with Crippen molar-refractivity contribution in [3.05, 3.63) is 29.0 Å². The van der Waals surface area contributed by atoms with E-state index in [1.54, 1.807) is 13.3 Å². The van der Waals surface area contributed by atoms with Gasteiger partial charge >= 0.3 is 0 Å². The van der Waals surface area contributed by atoms with Crippen LogP contribution in [0.3, 0.4) is 0 Å². The maximum Gasteiger partial charge on any atom is 0.252 e. The van der Waals surface area contributed by atoms with Gasteiger partial charge in [-0.3, -0.25) is 4.79 Å². The van der Waals surface area contributed by atoms with E-state index in [0.717, 1.165) is 74.7 Å². The van der Waals surface area contributed by atoms with Crippen molar-refractivity contribution in [2.24, 2.45) is 0 Å². The Hall–Kier alpha value is -1.63. The van der Waals surface area contributed by atoms with E-state index in [2.05, 4.69) is 27.6 Å². The quantitative estimate of drug-likeness (QED) is 0.536. The van der Waals surface area contributed by atoms with Crippen LogP contribution >= 0.6 is 11.6 Å². The number of fused-ring (bicyclic) bond motifs is 1. The van der Waals surface area contributed by atoms with Crippen LogP contribution in [-0.2, 0) is 20.8 Å². The lowest BCUT2D eigenvalue weighted by Crippen LogP contribution is -2.44. The Morgan fingerprint density at radius 3 is 2.90 bits per heavy atom. The maximum atomic E-state index is 13.4. The summed E-state index contributed by atoms with van der Waals surface area (Å²) >= 11 is 6.63. The number of nitrogens with zero attached hydrogens (tertiary/aromatic N) is 3. The van der Waals surface area contributed by atoms with Crippen LogP contribution in [0.1, 0.15) is 63.5 Å². The van der Waals surface area contributed by atoms with Gasteiger partial charge in [-0.15, -0.1) is 0 Å². The highest BCUT2D eigenvalue weighted by atomic mass is 35.5. The summed E-state index contributed by atoms with van der Waals surface area (Å²) in [5.41, 5.74) is 1.96. The smallest absolute Gasteiger partial charge is 0.252 e. The standard InChI is InChI=1S/C23H32ClN3O3/c1-16(27(17-8-9-17)23(28)20-7-3-5-14-30-20)18-15-26(12-4-6-13-29-2)22-21(18)19(24)10-11-25-22/h10-11,15-17,20H,3-9,12-14H2,1-2H3/t16-,20+/m0/s1. The Morgan fingerprint density at radius 2 is 2.20 bits per heavy atom. The third-order valence-corrected chi connectivity index (χ3v) is 6.57. The number of rotatable bonds is 9. The van der Waals surface area contributed by atoms with Gasteiger partial charge in [0.25, 0.3) is 5.91 Å². The summed E-state index contributed by atoms with van der Waals surface area (Å²) in [6.07, 6.45) is 10.6. The average molecular weight is 434 g/mol. The van der Waals surface area contributed by atoms with Gasteiger partial charge in [0, 0.05) is 56.3 Å². The Kier molecular flexibility index (Phi) is 6.96. The molecule has 0 bridgehead atoms. The molecule has 3 heterocycles. The number of aryl methyl sites for hydroxylation is 1. The first-order chi connectivity index (χ1) is 14.6. The molecule has 0 radical (unpaired) electrons. The summed E-state index contributed by atoms with van der Waals surface area (Å²) in [7, 11) is 1.73. The van der Waals surface area contributed by atoms with E-state index in [4.69, 9.17) is 21.1 Å². The molecule has 2 fully saturated rings. The molecule has 1 aliphatic heterocycles. The molecule has 7 heteroatoms. The van der Waals surface area contributed by atoms with Gasteiger partial charge in [-0.05, 0) is 57.9 Å². The summed E-state index contributed by atoms with van der Waals surface area (Å²) in [5.74, 6) is 0.130. The monoisotopic (exact) mass is 433 g/mol. The molecule has 0 N–H and O–H groups in total. The van der Waals surface area contributed by atoms with Gasteiger partial charge in [0.15, 0.2) is 0 Å². The summed E-state index contributed by atoms with van der Waals surface area (Å²) in [4.78, 5) is 20.1. The highest BCUT2D eigenvalue weighted by Crippen LogP contribution is 2.40. The molecule has 1 amide bonds. The van der Waals surface area contributed by atoms with E-state index < -0.39 is 0 Å². The molecule has 2 aromatic heterocycles. The second-order valence-electron chi connectivity index (χ2n) is 8.48. The lowest BCUT2D eigenvalue weighted by Gasteiger charge is -2.34. The predicted molar refractivity (Wildman–Crippen MR) is 118 cm³/mol. The molecule has 164 valence electrons. The van der Waals surface area contributed by atoms with Crippen LogP contribution in [0, 0.1) is 0 Å². The van der Waals surface area contributed by atoms with Crippen molar-refractivity contribution in [1.82, 2.24) is 14.5 Å². The van der Waals surface area contributed by atoms with Crippen LogP contribution in [0.5, 0.6) is 0 Å². The van der Waals surface area contributed by atoms with Crippen LogP contribution in [0.25, 0.3) is 11.0 Å². The molecule has 2 aromatic rings. The topological polar surface area (TPSA) is 56.6 Å². The zero-order chi connectivity index (χ0) is 21.1. The highest BCUT2D eigenvalue weighted by Gasteiger charge is 2.40. The molecule has 1 saturated heterocycles. The normalized spacial score (nSPS) is 20.4.